The molecule has 0 spiro atoms. The van der Waals surface area contributed by atoms with E-state index in [0.29, 0.717) is 28.1 Å². The largest absolute Gasteiger partial charge is 0.444 e. The first-order valence-corrected chi connectivity index (χ1v) is 12.5. The lowest BCUT2D eigenvalue weighted by Crippen LogP contribution is -2.47. The summed E-state index contributed by atoms with van der Waals surface area (Å²) in [7, 11) is 0. The zero-order valence-electron chi connectivity index (χ0n) is 21.3. The molecule has 0 bridgehead atoms. The van der Waals surface area contributed by atoms with Gasteiger partial charge in [0.15, 0.2) is 12.2 Å². The molecular weight excluding hydrogens is 508 g/mol. The molecule has 0 aliphatic carbocycles. The Morgan fingerprint density at radius 3 is 2.77 bits per heavy atom. The number of alkyl halides is 1. The highest BCUT2D eigenvalue weighted by atomic mass is 19.1. The lowest BCUT2D eigenvalue weighted by Gasteiger charge is -2.26. The number of aromatic nitrogens is 5. The second kappa shape index (κ2) is 11.1. The number of nitrogens with zero attached hydrogens (tertiary/aromatic N) is 5. The minimum atomic E-state index is -1.36. The molecule has 3 atom stereocenters. The molecule has 2 N–H and O–H groups in total. The number of likely N-dealkylation sites (tertiary alicyclic amines) is 1. The van der Waals surface area contributed by atoms with Crippen molar-refractivity contribution < 1.29 is 22.8 Å². The normalized spacial score (nSPS) is 17.9. The number of oxazole rings is 1. The third kappa shape index (κ3) is 5.69. The molecule has 39 heavy (non-hydrogen) atoms. The highest BCUT2D eigenvalue weighted by molar-refractivity contribution is 5.89. The molecule has 4 aromatic rings. The Morgan fingerprint density at radius 2 is 2.08 bits per heavy atom. The van der Waals surface area contributed by atoms with Crippen molar-refractivity contribution in [2.24, 2.45) is 0 Å². The maximum Gasteiger partial charge on any atom is 0.243 e. The zero-order valence-corrected chi connectivity index (χ0v) is 21.3. The Balaban J connectivity index is 1.46. The summed E-state index contributed by atoms with van der Waals surface area (Å²) in [6.45, 7) is 3.51. The van der Waals surface area contributed by atoms with Gasteiger partial charge in [-0.3, -0.25) is 9.59 Å². The molecule has 1 fully saturated rings. The van der Waals surface area contributed by atoms with Crippen LogP contribution in [-0.4, -0.2) is 60.9 Å². The predicted octanol–water partition coefficient (Wildman–Crippen LogP) is 3.50. The van der Waals surface area contributed by atoms with Crippen LogP contribution in [-0.2, 0) is 16.0 Å². The summed E-state index contributed by atoms with van der Waals surface area (Å²) in [4.78, 5) is 35.9. The SMILES string of the molecule is CC(C)c1ccc([C@H](NC(=O)[C@@H]2C[C@@H](F)CN2C(=O)Cc2cn[nH]n2)c2cccc(-c3cnco3)c2)nc1F. The number of pyridine rings is 1. The summed E-state index contributed by atoms with van der Waals surface area (Å²) in [5, 5.41) is 12.9. The summed E-state index contributed by atoms with van der Waals surface area (Å²) < 4.78 is 34.9. The van der Waals surface area contributed by atoms with Gasteiger partial charge in [0.2, 0.25) is 17.8 Å². The first-order chi connectivity index (χ1) is 18.8. The molecule has 10 nitrogen and oxygen atoms in total. The Bertz CT molecular complexity index is 1440. The molecule has 202 valence electrons. The number of amides is 2. The van der Waals surface area contributed by atoms with Gasteiger partial charge in [0.05, 0.1) is 42.8 Å². The fourth-order valence-electron chi connectivity index (χ4n) is 4.72. The van der Waals surface area contributed by atoms with Crippen LogP contribution in [0, 0.1) is 5.95 Å². The third-order valence-electron chi connectivity index (χ3n) is 6.71. The number of hydrogen-bond donors (Lipinski definition) is 2. The molecule has 0 radical (unpaired) electrons. The van der Waals surface area contributed by atoms with Gasteiger partial charge in [-0.05, 0) is 23.6 Å². The number of nitrogens with one attached hydrogen (secondary N) is 2. The monoisotopic (exact) mass is 535 g/mol. The van der Waals surface area contributed by atoms with Crippen molar-refractivity contribution in [2.75, 3.05) is 6.54 Å². The van der Waals surface area contributed by atoms with Gasteiger partial charge in [-0.1, -0.05) is 38.1 Å². The van der Waals surface area contributed by atoms with Gasteiger partial charge >= 0.3 is 0 Å². The number of aromatic amines is 1. The molecule has 12 heteroatoms. The molecular formula is C27H27F2N7O3. The molecule has 1 saturated heterocycles. The van der Waals surface area contributed by atoms with Crippen molar-refractivity contribution in [1.29, 1.82) is 0 Å². The lowest BCUT2D eigenvalue weighted by atomic mass is 9.97. The summed E-state index contributed by atoms with van der Waals surface area (Å²) in [5.74, 6) is -1.23. The van der Waals surface area contributed by atoms with E-state index in [1.54, 1.807) is 36.5 Å². The van der Waals surface area contributed by atoms with Crippen LogP contribution in [0.4, 0.5) is 8.78 Å². The first-order valence-electron chi connectivity index (χ1n) is 12.5. The minimum absolute atomic E-state index is 0.0846. The number of hydrogen-bond acceptors (Lipinski definition) is 7. The molecule has 1 aromatic carbocycles. The molecule has 0 unspecified atom stereocenters. The van der Waals surface area contributed by atoms with Crippen LogP contribution >= 0.6 is 0 Å². The summed E-state index contributed by atoms with van der Waals surface area (Å²) in [5.41, 5.74) is 2.37. The fraction of sp³-hybridized carbons (Fsp3) is 0.333. The summed E-state index contributed by atoms with van der Waals surface area (Å²) >= 11 is 0. The molecule has 0 saturated carbocycles. The Kier molecular flexibility index (Phi) is 7.44. The standard InChI is InChI=1S/C27H27F2N7O3/c1-15(2)20-6-7-21(32-26(20)29)25(17-5-3-4-16(8-17)23-12-30-14-39-23)33-27(38)22-9-18(28)13-36(22)24(37)10-19-11-31-35-34-19/h3-8,11-12,14-15,18,22,25H,9-10,13H2,1-2H3,(H,33,38)(H,31,34,35)/t18-,22+,25-/m1/s1. The van der Waals surface area contributed by atoms with Crippen LogP contribution in [0.5, 0.6) is 0 Å². The topological polar surface area (TPSA) is 130 Å². The Labute approximate surface area is 222 Å². The second-order valence-corrected chi connectivity index (χ2v) is 9.74. The van der Waals surface area contributed by atoms with Crippen molar-refractivity contribution in [1.82, 2.24) is 35.6 Å². The van der Waals surface area contributed by atoms with Crippen molar-refractivity contribution in [3.63, 3.8) is 0 Å². The van der Waals surface area contributed by atoms with Crippen molar-refractivity contribution >= 4 is 11.8 Å². The van der Waals surface area contributed by atoms with E-state index < -0.39 is 36.0 Å². The minimum Gasteiger partial charge on any atom is -0.444 e. The fourth-order valence-corrected chi connectivity index (χ4v) is 4.72. The van der Waals surface area contributed by atoms with Crippen LogP contribution in [0.25, 0.3) is 11.3 Å². The zero-order chi connectivity index (χ0) is 27.5. The average molecular weight is 536 g/mol. The van der Waals surface area contributed by atoms with Gasteiger partial charge in [0.1, 0.15) is 12.2 Å². The van der Waals surface area contributed by atoms with E-state index in [0.717, 1.165) is 0 Å². The maximum absolute atomic E-state index is 15.0. The molecule has 1 aliphatic rings. The van der Waals surface area contributed by atoms with E-state index >= 15 is 0 Å². The number of carbonyl (C=O) groups is 2. The predicted molar refractivity (Wildman–Crippen MR) is 135 cm³/mol. The van der Waals surface area contributed by atoms with Gasteiger partial charge in [-0.25, -0.2) is 14.4 Å². The second-order valence-electron chi connectivity index (χ2n) is 9.74. The molecule has 2 amide bonds. The number of carbonyl (C=O) groups excluding carboxylic acids is 2. The smallest absolute Gasteiger partial charge is 0.243 e. The van der Waals surface area contributed by atoms with Crippen LogP contribution in [0.15, 0.2) is 59.6 Å². The highest BCUT2D eigenvalue weighted by Crippen LogP contribution is 2.29. The molecule has 5 rings (SSSR count). The van der Waals surface area contributed by atoms with E-state index in [4.69, 9.17) is 4.42 Å². The number of benzene rings is 1. The molecule has 4 heterocycles. The van der Waals surface area contributed by atoms with E-state index in [1.165, 1.54) is 17.5 Å². The number of rotatable bonds is 8. The number of H-pyrrole nitrogens is 1. The van der Waals surface area contributed by atoms with Crippen molar-refractivity contribution in [3.05, 3.63) is 83.6 Å². The lowest BCUT2D eigenvalue weighted by molar-refractivity contribution is -0.138. The maximum atomic E-state index is 15.0. The number of halogens is 2. The van der Waals surface area contributed by atoms with Crippen LogP contribution in [0.1, 0.15) is 54.7 Å². The summed E-state index contributed by atoms with van der Waals surface area (Å²) in [6, 6.07) is 8.48. The summed E-state index contributed by atoms with van der Waals surface area (Å²) in [6.07, 6.45) is 2.61. The van der Waals surface area contributed by atoms with Crippen molar-refractivity contribution in [3.8, 4) is 11.3 Å². The van der Waals surface area contributed by atoms with Crippen LogP contribution < -0.4 is 5.32 Å². The first kappa shape index (κ1) is 26.1. The van der Waals surface area contributed by atoms with Crippen LogP contribution in [0.2, 0.25) is 0 Å². The quantitative estimate of drug-likeness (QED) is 0.330. The van der Waals surface area contributed by atoms with Gasteiger partial charge < -0.3 is 14.6 Å². The average Bonchev–Trinajstić information content (AvgIpc) is 3.69. The Morgan fingerprint density at radius 1 is 1.23 bits per heavy atom. The Hall–Kier alpha value is -4.48. The van der Waals surface area contributed by atoms with Gasteiger partial charge in [-0.15, -0.1) is 0 Å². The van der Waals surface area contributed by atoms with Crippen molar-refractivity contribution in [2.45, 2.75) is 50.9 Å². The van der Waals surface area contributed by atoms with E-state index in [9.17, 15) is 18.4 Å². The van der Waals surface area contributed by atoms with E-state index in [2.05, 4.69) is 30.7 Å². The molecule has 3 aromatic heterocycles. The third-order valence-corrected chi connectivity index (χ3v) is 6.71. The highest BCUT2D eigenvalue weighted by Gasteiger charge is 2.40. The van der Waals surface area contributed by atoms with E-state index in [-0.39, 0.29) is 31.0 Å². The van der Waals surface area contributed by atoms with E-state index in [1.807, 2.05) is 19.9 Å². The molecule has 1 aliphatic heterocycles. The van der Waals surface area contributed by atoms with Gasteiger partial charge in [0.25, 0.3) is 0 Å². The van der Waals surface area contributed by atoms with Gasteiger partial charge in [-0.2, -0.15) is 19.8 Å². The van der Waals surface area contributed by atoms with Crippen LogP contribution in [0.3, 0.4) is 0 Å². The van der Waals surface area contributed by atoms with Gasteiger partial charge in [0, 0.05) is 17.5 Å².